The van der Waals surface area contributed by atoms with Crippen molar-refractivity contribution < 1.29 is 0 Å². The second-order valence-corrected chi connectivity index (χ2v) is 2.91. The third-order valence-corrected chi connectivity index (χ3v) is 1.90. The largest absolute Gasteiger partial charge is 0.0985 e. The molecule has 0 unspecified atom stereocenters. The van der Waals surface area contributed by atoms with Gasteiger partial charge in [-0.05, 0) is 24.0 Å². The Morgan fingerprint density at radius 3 is 2.83 bits per heavy atom. The van der Waals surface area contributed by atoms with E-state index in [9.17, 15) is 0 Å². The van der Waals surface area contributed by atoms with Crippen LogP contribution < -0.4 is 0 Å². The molecule has 0 bridgehead atoms. The number of hydrogen-bond acceptors (Lipinski definition) is 0. The van der Waals surface area contributed by atoms with E-state index in [1.165, 1.54) is 17.5 Å². The average Bonchev–Trinajstić information content (AvgIpc) is 2.15. The summed E-state index contributed by atoms with van der Waals surface area (Å²) in [5, 5.41) is 0. The maximum atomic E-state index is 3.82. The highest BCUT2D eigenvalue weighted by Crippen LogP contribution is 2.09. The van der Waals surface area contributed by atoms with Crippen molar-refractivity contribution in [2.45, 2.75) is 19.3 Å². The molecule has 0 aromatic heterocycles. The molecule has 0 amide bonds. The molecule has 0 aliphatic carbocycles. The van der Waals surface area contributed by atoms with E-state index in [-0.39, 0.29) is 0 Å². The van der Waals surface area contributed by atoms with Gasteiger partial charge in [0.2, 0.25) is 0 Å². The monoisotopic (exact) mass is 159 g/mol. The number of unbranched alkanes of at least 4 members (excludes halogenated alkanes) is 1. The summed E-state index contributed by atoms with van der Waals surface area (Å²) < 4.78 is 0. The summed E-state index contributed by atoms with van der Waals surface area (Å²) >= 11 is 0. The van der Waals surface area contributed by atoms with Gasteiger partial charge in [0, 0.05) is 0 Å². The molecular weight excluding hydrogens is 144 g/mol. The summed E-state index contributed by atoms with van der Waals surface area (Å²) in [7, 11) is 0. The lowest BCUT2D eigenvalue weighted by atomic mass is 10.1. The Bertz CT molecular complexity index is 248. The Kier molecular flexibility index (Phi) is 3.59. The number of rotatable bonds is 4. The molecule has 12 heavy (non-hydrogen) atoms. The molecule has 0 atom stereocenters. The minimum Gasteiger partial charge on any atom is -0.0985 e. The topological polar surface area (TPSA) is 0 Å². The van der Waals surface area contributed by atoms with Gasteiger partial charge in [-0.2, -0.15) is 0 Å². The zero-order chi connectivity index (χ0) is 8.81. The smallest absolute Gasteiger partial charge is 0.0260 e. The zero-order valence-corrected chi connectivity index (χ0v) is 7.42. The molecule has 0 saturated heterocycles. The summed E-state index contributed by atoms with van der Waals surface area (Å²) in [5.41, 5.74) is 2.59. The van der Waals surface area contributed by atoms with E-state index in [2.05, 4.69) is 37.8 Å². The van der Waals surface area contributed by atoms with Crippen LogP contribution in [-0.4, -0.2) is 0 Å². The molecule has 1 aromatic carbocycles. The summed E-state index contributed by atoms with van der Waals surface area (Å²) in [4.78, 5) is 0. The van der Waals surface area contributed by atoms with Crippen LogP contribution >= 0.6 is 0 Å². The molecule has 0 aliphatic heterocycles. The summed E-state index contributed by atoms with van der Waals surface area (Å²) in [6, 6.07) is 8.49. The molecular formula is C12H15. The lowest BCUT2D eigenvalue weighted by Gasteiger charge is -2.00. The van der Waals surface area contributed by atoms with E-state index in [0.29, 0.717) is 0 Å². The lowest BCUT2D eigenvalue weighted by Crippen LogP contribution is -1.84. The van der Waals surface area contributed by atoms with Gasteiger partial charge in [0.15, 0.2) is 0 Å². The molecule has 0 aliphatic rings. The molecule has 0 saturated carbocycles. The molecule has 0 fully saturated rings. The van der Waals surface area contributed by atoms with Crippen LogP contribution in [0.3, 0.4) is 0 Å². The van der Waals surface area contributed by atoms with Gasteiger partial charge in [-0.3, -0.25) is 0 Å². The normalized spacial score (nSPS) is 9.75. The minimum absolute atomic E-state index is 1.01. The number of benzene rings is 1. The quantitative estimate of drug-likeness (QED) is 0.631. The van der Waals surface area contributed by atoms with Crippen LogP contribution in [0.2, 0.25) is 0 Å². The van der Waals surface area contributed by atoms with Crippen molar-refractivity contribution in [2.24, 2.45) is 0 Å². The second-order valence-electron chi connectivity index (χ2n) is 2.91. The van der Waals surface area contributed by atoms with E-state index in [1.54, 1.807) is 0 Å². The van der Waals surface area contributed by atoms with Gasteiger partial charge in [-0.1, -0.05) is 50.3 Å². The maximum absolute atomic E-state index is 3.82. The molecule has 63 valence electrons. The van der Waals surface area contributed by atoms with Crippen molar-refractivity contribution in [3.05, 3.63) is 48.9 Å². The van der Waals surface area contributed by atoms with Crippen molar-refractivity contribution >= 4 is 6.08 Å². The molecule has 0 nitrogen and oxygen atoms in total. The van der Waals surface area contributed by atoms with Crippen molar-refractivity contribution in [1.29, 1.82) is 0 Å². The Hall–Kier alpha value is -1.04. The van der Waals surface area contributed by atoms with Crippen LogP contribution in [0.25, 0.3) is 6.08 Å². The van der Waals surface area contributed by atoms with Gasteiger partial charge in [0.25, 0.3) is 0 Å². The summed E-state index contributed by atoms with van der Waals surface area (Å²) in [6.45, 7) is 7.56. The van der Waals surface area contributed by atoms with Gasteiger partial charge in [-0.25, -0.2) is 0 Å². The van der Waals surface area contributed by atoms with Crippen LogP contribution in [0, 0.1) is 6.92 Å². The van der Waals surface area contributed by atoms with E-state index < -0.39 is 0 Å². The predicted molar refractivity (Wildman–Crippen MR) is 54.8 cm³/mol. The SMILES string of the molecule is [CH2]CCCc1cccc(C=C)c1. The highest BCUT2D eigenvalue weighted by atomic mass is 14.0. The van der Waals surface area contributed by atoms with Crippen LogP contribution in [0.15, 0.2) is 30.8 Å². The van der Waals surface area contributed by atoms with E-state index in [4.69, 9.17) is 0 Å². The fourth-order valence-electron chi connectivity index (χ4n) is 1.20. The van der Waals surface area contributed by atoms with Gasteiger partial charge in [0.05, 0.1) is 0 Å². The first kappa shape index (κ1) is 9.05. The Morgan fingerprint density at radius 1 is 1.33 bits per heavy atom. The Morgan fingerprint density at radius 2 is 2.17 bits per heavy atom. The number of aryl methyl sites for hydroxylation is 1. The molecule has 1 radical (unpaired) electrons. The standard InChI is InChI=1S/C12H15/c1-3-5-7-12-9-6-8-11(4-2)10-12/h4,6,8-10H,1-3,5,7H2. The maximum Gasteiger partial charge on any atom is -0.0260 e. The molecule has 0 heterocycles. The molecule has 0 N–H and O–H groups in total. The predicted octanol–water partition coefficient (Wildman–Crippen LogP) is 3.49. The fourth-order valence-corrected chi connectivity index (χ4v) is 1.20. The van der Waals surface area contributed by atoms with Gasteiger partial charge in [0.1, 0.15) is 0 Å². The minimum atomic E-state index is 1.01. The molecule has 0 spiro atoms. The van der Waals surface area contributed by atoms with Gasteiger partial charge in [-0.15, -0.1) is 0 Å². The first-order chi connectivity index (χ1) is 5.86. The Labute approximate surface area is 74.9 Å². The number of hydrogen-bond donors (Lipinski definition) is 0. The highest BCUT2D eigenvalue weighted by molar-refractivity contribution is 5.47. The van der Waals surface area contributed by atoms with Gasteiger partial charge < -0.3 is 0 Å². The molecule has 1 rings (SSSR count). The third kappa shape index (κ3) is 2.54. The van der Waals surface area contributed by atoms with Crippen LogP contribution in [0.5, 0.6) is 0 Å². The first-order valence-electron chi connectivity index (χ1n) is 4.37. The van der Waals surface area contributed by atoms with Crippen molar-refractivity contribution in [3.8, 4) is 0 Å². The summed E-state index contributed by atoms with van der Waals surface area (Å²) in [6.07, 6.45) is 5.19. The highest BCUT2D eigenvalue weighted by Gasteiger charge is 1.92. The average molecular weight is 159 g/mol. The van der Waals surface area contributed by atoms with E-state index in [0.717, 1.165) is 12.8 Å². The summed E-state index contributed by atoms with van der Waals surface area (Å²) in [5.74, 6) is 0. The zero-order valence-electron chi connectivity index (χ0n) is 7.42. The van der Waals surface area contributed by atoms with Gasteiger partial charge >= 0.3 is 0 Å². The van der Waals surface area contributed by atoms with Crippen molar-refractivity contribution in [2.75, 3.05) is 0 Å². The molecule has 0 heteroatoms. The van der Waals surface area contributed by atoms with Crippen LogP contribution in [0.4, 0.5) is 0 Å². The van der Waals surface area contributed by atoms with Crippen molar-refractivity contribution in [1.82, 2.24) is 0 Å². The van der Waals surface area contributed by atoms with E-state index in [1.807, 2.05) is 6.08 Å². The fraction of sp³-hybridized carbons (Fsp3) is 0.250. The van der Waals surface area contributed by atoms with E-state index >= 15 is 0 Å². The Balaban J connectivity index is 2.66. The lowest BCUT2D eigenvalue weighted by molar-refractivity contribution is 0.841. The van der Waals surface area contributed by atoms with Crippen molar-refractivity contribution in [3.63, 3.8) is 0 Å². The van der Waals surface area contributed by atoms with Crippen LogP contribution in [0.1, 0.15) is 24.0 Å². The second kappa shape index (κ2) is 4.76. The van der Waals surface area contributed by atoms with Crippen LogP contribution in [-0.2, 0) is 6.42 Å². The third-order valence-electron chi connectivity index (χ3n) is 1.90. The molecule has 1 aromatic rings. The first-order valence-corrected chi connectivity index (χ1v) is 4.37.